The van der Waals surface area contributed by atoms with Crippen molar-refractivity contribution < 1.29 is 18.7 Å². The highest BCUT2D eigenvalue weighted by atomic mass is 19.3. The van der Waals surface area contributed by atoms with Gasteiger partial charge in [0.1, 0.15) is 0 Å². The predicted molar refractivity (Wildman–Crippen MR) is 57.4 cm³/mol. The highest BCUT2D eigenvalue weighted by Gasteiger charge is 2.18. The molecule has 0 aromatic carbocycles. The third-order valence-electron chi connectivity index (χ3n) is 2.34. The first-order valence-corrected chi connectivity index (χ1v) is 5.25. The van der Waals surface area contributed by atoms with E-state index in [9.17, 15) is 13.6 Å². The molecule has 0 aromatic rings. The van der Waals surface area contributed by atoms with Crippen molar-refractivity contribution in [2.75, 3.05) is 33.3 Å². The number of carbonyl (C=O) groups is 1. The van der Waals surface area contributed by atoms with Crippen LogP contribution in [0.2, 0.25) is 0 Å². The van der Waals surface area contributed by atoms with Crippen LogP contribution in [-0.2, 0) is 4.79 Å². The summed E-state index contributed by atoms with van der Waals surface area (Å²) in [7, 11) is 1.63. The van der Waals surface area contributed by atoms with Crippen LogP contribution in [0.25, 0.3) is 0 Å². The topological polar surface area (TPSA) is 43.8 Å². The molecule has 6 heteroatoms. The molecule has 0 aliphatic carbocycles. The summed E-state index contributed by atoms with van der Waals surface area (Å²) >= 11 is 0. The van der Waals surface area contributed by atoms with Crippen LogP contribution < -0.4 is 0 Å². The zero-order chi connectivity index (χ0) is 12.7. The van der Waals surface area contributed by atoms with Gasteiger partial charge in [0.25, 0.3) is 6.43 Å². The van der Waals surface area contributed by atoms with Gasteiger partial charge in [-0.3, -0.25) is 9.69 Å². The van der Waals surface area contributed by atoms with Crippen molar-refractivity contribution in [1.29, 1.82) is 0 Å². The fraction of sp³-hybridized carbons (Fsp3) is 0.900. The molecule has 0 aliphatic rings. The fourth-order valence-electron chi connectivity index (χ4n) is 1.16. The number of amides is 1. The summed E-state index contributed by atoms with van der Waals surface area (Å²) < 4.78 is 24.3. The second-order valence-corrected chi connectivity index (χ2v) is 3.95. The van der Waals surface area contributed by atoms with Gasteiger partial charge in [-0.15, -0.1) is 0 Å². The number of aliphatic hydroxyl groups is 1. The van der Waals surface area contributed by atoms with E-state index in [1.54, 1.807) is 7.05 Å². The molecule has 0 heterocycles. The standard InChI is InChI=1S/C10H20F2N2O2/c1-8(2)13(3)10(16)7-14(4-5-15)6-9(11)12/h8-9,15H,4-7H2,1-3H3. The van der Waals surface area contributed by atoms with Gasteiger partial charge in [-0.1, -0.05) is 0 Å². The number of nitrogens with zero attached hydrogens (tertiary/aromatic N) is 2. The van der Waals surface area contributed by atoms with E-state index in [4.69, 9.17) is 5.11 Å². The van der Waals surface area contributed by atoms with E-state index in [1.165, 1.54) is 9.80 Å². The number of hydrogen-bond donors (Lipinski definition) is 1. The maximum atomic E-state index is 12.2. The minimum atomic E-state index is -2.50. The second kappa shape index (κ2) is 7.51. The first-order chi connectivity index (χ1) is 7.38. The summed E-state index contributed by atoms with van der Waals surface area (Å²) in [6.07, 6.45) is -2.50. The first kappa shape index (κ1) is 15.2. The first-order valence-electron chi connectivity index (χ1n) is 5.25. The molecule has 0 rings (SSSR count). The van der Waals surface area contributed by atoms with Crippen molar-refractivity contribution in [3.8, 4) is 0 Å². The Morgan fingerprint density at radius 3 is 2.31 bits per heavy atom. The Labute approximate surface area is 94.8 Å². The molecule has 96 valence electrons. The van der Waals surface area contributed by atoms with Crippen LogP contribution in [0.15, 0.2) is 0 Å². The zero-order valence-electron chi connectivity index (χ0n) is 9.99. The fourth-order valence-corrected chi connectivity index (χ4v) is 1.16. The molecule has 0 saturated heterocycles. The van der Waals surface area contributed by atoms with Crippen molar-refractivity contribution in [2.45, 2.75) is 26.3 Å². The lowest BCUT2D eigenvalue weighted by molar-refractivity contribution is -0.133. The molecule has 0 saturated carbocycles. The van der Waals surface area contributed by atoms with Gasteiger partial charge < -0.3 is 10.0 Å². The number of carbonyl (C=O) groups excluding carboxylic acids is 1. The Balaban J connectivity index is 4.22. The molecule has 16 heavy (non-hydrogen) atoms. The average molecular weight is 238 g/mol. The van der Waals surface area contributed by atoms with Gasteiger partial charge in [0, 0.05) is 19.6 Å². The largest absolute Gasteiger partial charge is 0.395 e. The molecule has 0 bridgehead atoms. The van der Waals surface area contributed by atoms with E-state index >= 15 is 0 Å². The van der Waals surface area contributed by atoms with Gasteiger partial charge in [0.05, 0.1) is 19.7 Å². The third kappa shape index (κ3) is 5.97. The third-order valence-corrected chi connectivity index (χ3v) is 2.34. The van der Waals surface area contributed by atoms with E-state index in [-0.39, 0.29) is 31.6 Å². The van der Waals surface area contributed by atoms with Crippen LogP contribution >= 0.6 is 0 Å². The number of alkyl halides is 2. The Hall–Kier alpha value is -0.750. The summed E-state index contributed by atoms with van der Waals surface area (Å²) in [6.45, 7) is 2.98. The van der Waals surface area contributed by atoms with E-state index < -0.39 is 13.0 Å². The summed E-state index contributed by atoms with van der Waals surface area (Å²) in [5.74, 6) is -0.218. The number of hydrogen-bond acceptors (Lipinski definition) is 3. The molecule has 0 spiro atoms. The SMILES string of the molecule is CC(C)N(C)C(=O)CN(CCO)CC(F)F. The number of halogens is 2. The van der Waals surface area contributed by atoms with E-state index in [0.29, 0.717) is 0 Å². The molecule has 0 fully saturated rings. The van der Waals surface area contributed by atoms with Crippen molar-refractivity contribution in [3.05, 3.63) is 0 Å². The summed E-state index contributed by atoms with van der Waals surface area (Å²) in [4.78, 5) is 14.4. The predicted octanol–water partition coefficient (Wildman–Crippen LogP) is 0.413. The van der Waals surface area contributed by atoms with Gasteiger partial charge >= 0.3 is 0 Å². The smallest absolute Gasteiger partial charge is 0.251 e. The molecule has 0 aromatic heterocycles. The highest BCUT2D eigenvalue weighted by molar-refractivity contribution is 5.78. The van der Waals surface area contributed by atoms with Crippen molar-refractivity contribution >= 4 is 5.91 Å². The molecule has 1 N–H and O–H groups in total. The number of aliphatic hydroxyl groups excluding tert-OH is 1. The van der Waals surface area contributed by atoms with Crippen LogP contribution in [0.1, 0.15) is 13.8 Å². The quantitative estimate of drug-likeness (QED) is 0.699. The number of likely N-dealkylation sites (N-methyl/N-ethyl adjacent to an activating group) is 1. The van der Waals surface area contributed by atoms with E-state index in [0.717, 1.165) is 0 Å². The number of rotatable bonds is 7. The van der Waals surface area contributed by atoms with Crippen LogP contribution in [-0.4, -0.2) is 66.6 Å². The van der Waals surface area contributed by atoms with Crippen LogP contribution in [0.5, 0.6) is 0 Å². The summed E-state index contributed by atoms with van der Waals surface area (Å²) in [6, 6.07) is 0.0371. The van der Waals surface area contributed by atoms with Gasteiger partial charge in [0.15, 0.2) is 0 Å². The minimum absolute atomic E-state index is 0.0371. The normalized spacial score (nSPS) is 11.6. The average Bonchev–Trinajstić information content (AvgIpc) is 2.15. The Morgan fingerprint density at radius 1 is 1.38 bits per heavy atom. The molecule has 0 atom stereocenters. The second-order valence-electron chi connectivity index (χ2n) is 3.95. The van der Waals surface area contributed by atoms with Crippen LogP contribution in [0.4, 0.5) is 8.78 Å². The van der Waals surface area contributed by atoms with Crippen LogP contribution in [0, 0.1) is 0 Å². The van der Waals surface area contributed by atoms with E-state index in [1.807, 2.05) is 13.8 Å². The van der Waals surface area contributed by atoms with Crippen molar-refractivity contribution in [1.82, 2.24) is 9.80 Å². The van der Waals surface area contributed by atoms with Gasteiger partial charge in [-0.05, 0) is 13.8 Å². The lowest BCUT2D eigenvalue weighted by Crippen LogP contribution is -2.43. The minimum Gasteiger partial charge on any atom is -0.395 e. The molecular weight excluding hydrogens is 218 g/mol. The maximum absolute atomic E-state index is 12.2. The van der Waals surface area contributed by atoms with E-state index in [2.05, 4.69) is 0 Å². The molecule has 0 radical (unpaired) electrons. The Morgan fingerprint density at radius 2 is 1.94 bits per heavy atom. The molecule has 1 amide bonds. The van der Waals surface area contributed by atoms with Crippen molar-refractivity contribution in [3.63, 3.8) is 0 Å². The van der Waals surface area contributed by atoms with Gasteiger partial charge in [0.2, 0.25) is 5.91 Å². The molecule has 4 nitrogen and oxygen atoms in total. The van der Waals surface area contributed by atoms with Gasteiger partial charge in [-0.2, -0.15) is 0 Å². The molecular formula is C10H20F2N2O2. The Kier molecular flexibility index (Phi) is 7.16. The Bertz CT molecular complexity index is 213. The van der Waals surface area contributed by atoms with Crippen LogP contribution in [0.3, 0.4) is 0 Å². The maximum Gasteiger partial charge on any atom is 0.251 e. The molecule has 0 unspecified atom stereocenters. The van der Waals surface area contributed by atoms with Crippen molar-refractivity contribution in [2.24, 2.45) is 0 Å². The zero-order valence-corrected chi connectivity index (χ0v) is 9.99. The van der Waals surface area contributed by atoms with Gasteiger partial charge in [-0.25, -0.2) is 8.78 Å². The summed E-state index contributed by atoms with van der Waals surface area (Å²) in [5, 5.41) is 8.70. The molecule has 0 aliphatic heterocycles. The lowest BCUT2D eigenvalue weighted by Gasteiger charge is -2.26. The highest BCUT2D eigenvalue weighted by Crippen LogP contribution is 2.01. The lowest BCUT2D eigenvalue weighted by atomic mass is 10.3. The monoisotopic (exact) mass is 238 g/mol. The summed E-state index contributed by atoms with van der Waals surface area (Å²) in [5.41, 5.74) is 0.